The van der Waals surface area contributed by atoms with Crippen LogP contribution < -0.4 is 4.74 Å². The Labute approximate surface area is 116 Å². The molecule has 0 radical (unpaired) electrons. The summed E-state index contributed by atoms with van der Waals surface area (Å²) in [6.07, 6.45) is 0.458. The van der Waals surface area contributed by atoms with E-state index in [2.05, 4.69) is 38.7 Å². The highest BCUT2D eigenvalue weighted by atomic mass is 16.5. The fourth-order valence-electron chi connectivity index (χ4n) is 3.00. The molecule has 0 spiro atoms. The monoisotopic (exact) mass is 263 g/mol. The molecule has 1 atom stereocenters. The van der Waals surface area contributed by atoms with Crippen LogP contribution in [0.5, 0.6) is 5.75 Å². The van der Waals surface area contributed by atoms with Crippen LogP contribution in [0.1, 0.15) is 44.9 Å². The van der Waals surface area contributed by atoms with Crippen molar-refractivity contribution < 1.29 is 9.84 Å². The summed E-state index contributed by atoms with van der Waals surface area (Å²) in [5, 5.41) is 10.7. The Kier molecular flexibility index (Phi) is 4.16. The predicted octanol–water partition coefficient (Wildman–Crippen LogP) is 2.78. The Morgan fingerprint density at radius 2 is 2.00 bits per heavy atom. The van der Waals surface area contributed by atoms with Gasteiger partial charge in [-0.3, -0.25) is 4.90 Å². The summed E-state index contributed by atoms with van der Waals surface area (Å²) in [6.45, 7) is 11.1. The summed E-state index contributed by atoms with van der Waals surface area (Å²) in [4.78, 5) is 2.29. The molecule has 0 amide bonds. The maximum atomic E-state index is 10.7. The number of benzene rings is 1. The smallest absolute Gasteiger partial charge is 0.122 e. The Morgan fingerprint density at radius 1 is 1.32 bits per heavy atom. The molecule has 0 saturated heterocycles. The third-order valence-corrected chi connectivity index (χ3v) is 4.28. The fraction of sp³-hybridized carbons (Fsp3) is 0.625. The molecule has 0 bridgehead atoms. The molecular weight excluding hydrogens is 238 g/mol. The highest BCUT2D eigenvalue weighted by molar-refractivity contribution is 5.41. The molecule has 1 unspecified atom stereocenters. The zero-order valence-corrected chi connectivity index (χ0v) is 12.4. The lowest BCUT2D eigenvalue weighted by molar-refractivity contribution is -0.00629. The van der Waals surface area contributed by atoms with E-state index in [1.54, 1.807) is 0 Å². The second kappa shape index (κ2) is 5.51. The van der Waals surface area contributed by atoms with Gasteiger partial charge in [-0.2, -0.15) is 0 Å². The summed E-state index contributed by atoms with van der Waals surface area (Å²) in [5.41, 5.74) is 1.94. The standard InChI is InChI=1S/C16H25NO2/c1-5-17(6-2)16(3,4)15(18)13-7-8-14-12(11-13)9-10-19-14/h7-8,11,15,18H,5-6,9-10H2,1-4H3. The molecule has 1 aromatic carbocycles. The van der Waals surface area contributed by atoms with Gasteiger partial charge < -0.3 is 9.84 Å². The third-order valence-electron chi connectivity index (χ3n) is 4.28. The van der Waals surface area contributed by atoms with Gasteiger partial charge in [0.05, 0.1) is 12.7 Å². The second-order valence-electron chi connectivity index (χ2n) is 5.69. The molecule has 0 saturated carbocycles. The van der Waals surface area contributed by atoms with Crippen molar-refractivity contribution in [2.45, 2.75) is 45.8 Å². The molecule has 1 aliphatic rings. The first-order valence-electron chi connectivity index (χ1n) is 7.19. The lowest BCUT2D eigenvalue weighted by Crippen LogP contribution is -2.48. The highest BCUT2D eigenvalue weighted by Crippen LogP contribution is 2.34. The summed E-state index contributed by atoms with van der Waals surface area (Å²) in [5.74, 6) is 0.969. The molecule has 106 valence electrons. The maximum Gasteiger partial charge on any atom is 0.122 e. The molecule has 1 aliphatic heterocycles. The molecule has 1 aromatic rings. The summed E-state index contributed by atoms with van der Waals surface area (Å²) >= 11 is 0. The zero-order chi connectivity index (χ0) is 14.0. The molecule has 2 rings (SSSR count). The maximum absolute atomic E-state index is 10.7. The van der Waals surface area contributed by atoms with Crippen molar-refractivity contribution in [1.29, 1.82) is 0 Å². The molecule has 0 fully saturated rings. The fourth-order valence-corrected chi connectivity index (χ4v) is 3.00. The van der Waals surface area contributed by atoms with Crippen molar-refractivity contribution in [3.05, 3.63) is 29.3 Å². The van der Waals surface area contributed by atoms with Crippen LogP contribution in [0.3, 0.4) is 0 Å². The summed E-state index contributed by atoms with van der Waals surface area (Å²) in [6, 6.07) is 6.07. The molecule has 3 nitrogen and oxygen atoms in total. The van der Waals surface area contributed by atoms with Gasteiger partial charge in [-0.25, -0.2) is 0 Å². The summed E-state index contributed by atoms with van der Waals surface area (Å²) < 4.78 is 5.52. The number of hydrogen-bond donors (Lipinski definition) is 1. The van der Waals surface area contributed by atoms with E-state index in [0.29, 0.717) is 0 Å². The Morgan fingerprint density at radius 3 is 2.63 bits per heavy atom. The normalized spacial score (nSPS) is 16.3. The number of hydrogen-bond acceptors (Lipinski definition) is 3. The number of likely N-dealkylation sites (N-methyl/N-ethyl adjacent to an activating group) is 1. The minimum Gasteiger partial charge on any atom is -0.493 e. The molecule has 0 aliphatic carbocycles. The van der Waals surface area contributed by atoms with E-state index in [4.69, 9.17) is 4.74 Å². The van der Waals surface area contributed by atoms with Crippen LogP contribution in [0.25, 0.3) is 0 Å². The number of ether oxygens (including phenoxy) is 1. The van der Waals surface area contributed by atoms with E-state index in [-0.39, 0.29) is 5.54 Å². The average Bonchev–Trinajstić information content (AvgIpc) is 2.86. The van der Waals surface area contributed by atoms with Gasteiger partial charge in [0.15, 0.2) is 0 Å². The largest absolute Gasteiger partial charge is 0.493 e. The number of aliphatic hydroxyl groups excluding tert-OH is 1. The van der Waals surface area contributed by atoms with Gasteiger partial charge in [-0.15, -0.1) is 0 Å². The van der Waals surface area contributed by atoms with Crippen LogP contribution >= 0.6 is 0 Å². The lowest BCUT2D eigenvalue weighted by atomic mass is 9.88. The second-order valence-corrected chi connectivity index (χ2v) is 5.69. The third kappa shape index (κ3) is 2.63. The van der Waals surface area contributed by atoms with Gasteiger partial charge in [0, 0.05) is 12.0 Å². The molecule has 0 aromatic heterocycles. The highest BCUT2D eigenvalue weighted by Gasteiger charge is 2.34. The Bertz CT molecular complexity index is 438. The van der Waals surface area contributed by atoms with Gasteiger partial charge in [0.2, 0.25) is 0 Å². The molecule has 1 N–H and O–H groups in total. The first kappa shape index (κ1) is 14.4. The van der Waals surface area contributed by atoms with Crippen LogP contribution in [0.15, 0.2) is 18.2 Å². The first-order valence-corrected chi connectivity index (χ1v) is 7.19. The van der Waals surface area contributed by atoms with Gasteiger partial charge >= 0.3 is 0 Å². The van der Waals surface area contributed by atoms with Gasteiger partial charge in [-0.05, 0) is 50.2 Å². The minimum absolute atomic E-state index is 0.267. The van der Waals surface area contributed by atoms with Crippen molar-refractivity contribution in [1.82, 2.24) is 4.90 Å². The van der Waals surface area contributed by atoms with Crippen molar-refractivity contribution >= 4 is 0 Å². The number of rotatable bonds is 5. The van der Waals surface area contributed by atoms with Crippen LogP contribution in [-0.4, -0.2) is 35.2 Å². The van der Waals surface area contributed by atoms with Gasteiger partial charge in [-0.1, -0.05) is 19.9 Å². The van der Waals surface area contributed by atoms with E-state index in [0.717, 1.165) is 37.4 Å². The van der Waals surface area contributed by atoms with Crippen LogP contribution in [0, 0.1) is 0 Å². The van der Waals surface area contributed by atoms with Crippen molar-refractivity contribution in [2.24, 2.45) is 0 Å². The predicted molar refractivity (Wildman–Crippen MR) is 77.6 cm³/mol. The SMILES string of the molecule is CCN(CC)C(C)(C)C(O)c1ccc2c(c1)CCO2. The zero-order valence-electron chi connectivity index (χ0n) is 12.4. The van der Waals surface area contributed by atoms with E-state index in [1.807, 2.05) is 12.1 Å². The number of nitrogens with zero attached hydrogens (tertiary/aromatic N) is 1. The first-order chi connectivity index (χ1) is 9.00. The van der Waals surface area contributed by atoms with Crippen LogP contribution in [-0.2, 0) is 6.42 Å². The number of fused-ring (bicyclic) bond motifs is 1. The Balaban J connectivity index is 2.25. The van der Waals surface area contributed by atoms with Gasteiger partial charge in [0.25, 0.3) is 0 Å². The molecule has 3 heteroatoms. The Hall–Kier alpha value is -1.06. The van der Waals surface area contributed by atoms with Crippen LogP contribution in [0.2, 0.25) is 0 Å². The van der Waals surface area contributed by atoms with E-state index >= 15 is 0 Å². The van der Waals surface area contributed by atoms with E-state index in [9.17, 15) is 5.11 Å². The minimum atomic E-state index is -0.488. The molecule has 19 heavy (non-hydrogen) atoms. The van der Waals surface area contributed by atoms with Crippen molar-refractivity contribution in [3.8, 4) is 5.75 Å². The lowest BCUT2D eigenvalue weighted by Gasteiger charge is -2.41. The van der Waals surface area contributed by atoms with E-state index in [1.165, 1.54) is 5.56 Å². The van der Waals surface area contributed by atoms with Crippen molar-refractivity contribution in [3.63, 3.8) is 0 Å². The topological polar surface area (TPSA) is 32.7 Å². The molecular formula is C16H25NO2. The van der Waals surface area contributed by atoms with Gasteiger partial charge in [0.1, 0.15) is 5.75 Å². The average molecular weight is 263 g/mol. The number of aliphatic hydroxyl groups is 1. The van der Waals surface area contributed by atoms with Crippen molar-refractivity contribution in [2.75, 3.05) is 19.7 Å². The molecule has 1 heterocycles. The van der Waals surface area contributed by atoms with E-state index < -0.39 is 6.10 Å². The summed E-state index contributed by atoms with van der Waals surface area (Å²) in [7, 11) is 0. The quantitative estimate of drug-likeness (QED) is 0.886. The van der Waals surface area contributed by atoms with Crippen LogP contribution in [0.4, 0.5) is 0 Å².